The van der Waals surface area contributed by atoms with Crippen LogP contribution in [0.2, 0.25) is 0 Å². The molecule has 5 rings (SSSR count). The van der Waals surface area contributed by atoms with E-state index < -0.39 is 38.8 Å². The third kappa shape index (κ3) is 6.92. The number of sulfonamides is 1. The zero-order valence-corrected chi connectivity index (χ0v) is 22.5. The summed E-state index contributed by atoms with van der Waals surface area (Å²) in [5, 5.41) is 15.6. The lowest BCUT2D eigenvalue weighted by Crippen LogP contribution is -2.38. The van der Waals surface area contributed by atoms with E-state index in [-0.39, 0.29) is 17.5 Å². The molecule has 0 amide bonds. The highest BCUT2D eigenvalue weighted by molar-refractivity contribution is 7.91. The zero-order chi connectivity index (χ0) is 28.8. The van der Waals surface area contributed by atoms with E-state index in [1.54, 1.807) is 24.4 Å². The van der Waals surface area contributed by atoms with E-state index in [1.807, 2.05) is 6.07 Å². The number of hydrogen-bond acceptors (Lipinski definition) is 9. The maximum absolute atomic E-state index is 15.1. The van der Waals surface area contributed by atoms with Gasteiger partial charge in [0.15, 0.2) is 11.6 Å². The number of hydrogen-bond donors (Lipinski definition) is 3. The molecule has 0 aliphatic carbocycles. The van der Waals surface area contributed by atoms with E-state index in [0.717, 1.165) is 38.1 Å². The fourth-order valence-corrected chi connectivity index (χ4v) is 5.53. The molecule has 2 aromatic heterocycles. The molecule has 210 valence electrons. The van der Waals surface area contributed by atoms with Gasteiger partial charge in [-0.15, -0.1) is 0 Å². The smallest absolute Gasteiger partial charge is 0.237 e. The van der Waals surface area contributed by atoms with Crippen molar-refractivity contribution >= 4 is 21.7 Å². The highest BCUT2D eigenvalue weighted by Crippen LogP contribution is 2.34. The van der Waals surface area contributed by atoms with Crippen LogP contribution in [0.3, 0.4) is 0 Å². The van der Waals surface area contributed by atoms with Crippen molar-refractivity contribution in [2.45, 2.75) is 24.6 Å². The van der Waals surface area contributed by atoms with Gasteiger partial charge in [-0.25, -0.2) is 27.8 Å². The molecule has 1 unspecified atom stereocenters. The number of nitrogens with one attached hydrogen (secondary N) is 3. The minimum Gasteiger partial charge on any atom is -0.435 e. The van der Waals surface area contributed by atoms with Gasteiger partial charge in [-0.2, -0.15) is 9.65 Å². The topological polar surface area (TPSA) is 142 Å². The van der Waals surface area contributed by atoms with Crippen LogP contribution in [0.25, 0.3) is 11.3 Å². The summed E-state index contributed by atoms with van der Waals surface area (Å²) in [6, 6.07) is 15.2. The van der Waals surface area contributed by atoms with E-state index in [0.29, 0.717) is 22.8 Å². The molecule has 3 N–H and O–H groups in total. The Morgan fingerprint density at radius 2 is 1.95 bits per heavy atom. The second kappa shape index (κ2) is 12.2. The number of aromatic nitrogens is 3. The van der Waals surface area contributed by atoms with E-state index in [4.69, 9.17) is 10.00 Å². The molecule has 4 aromatic rings. The van der Waals surface area contributed by atoms with E-state index in [9.17, 15) is 12.8 Å². The lowest BCUT2D eigenvalue weighted by atomic mass is 10.1. The van der Waals surface area contributed by atoms with Gasteiger partial charge in [-0.05, 0) is 67.4 Å². The van der Waals surface area contributed by atoms with Crippen LogP contribution in [-0.4, -0.2) is 42.5 Å². The van der Waals surface area contributed by atoms with Gasteiger partial charge in [-0.3, -0.25) is 4.72 Å². The number of nitrogens with zero attached hydrogens (tertiary/aromatic N) is 4. The summed E-state index contributed by atoms with van der Waals surface area (Å²) in [6.07, 6.45) is 5.03. The van der Waals surface area contributed by atoms with Crippen LogP contribution in [0.5, 0.6) is 11.6 Å². The summed E-state index contributed by atoms with van der Waals surface area (Å²) in [6.45, 7) is 1.76. The average Bonchev–Trinajstić information content (AvgIpc) is 2.98. The minimum absolute atomic E-state index is 0.0273. The standard InChI is InChI=1S/C28H25F2N7O3S/c29-25-23(37-41(38,39)17-19-5-1-4-18(14-19)15-31)8-9-24(26(25)30)40-27-21(7-3-12-33-27)22-10-13-34-28(36-22)35-20-6-2-11-32-16-20/h1,3-5,7-10,12-14,20,32,37H,2,6,11,16-17H2,(H,34,35,36). The van der Waals surface area contributed by atoms with Crippen LogP contribution in [-0.2, 0) is 15.8 Å². The van der Waals surface area contributed by atoms with Crippen LogP contribution in [0.1, 0.15) is 24.0 Å². The maximum Gasteiger partial charge on any atom is 0.237 e. The molecule has 41 heavy (non-hydrogen) atoms. The van der Waals surface area contributed by atoms with Crippen LogP contribution >= 0.6 is 0 Å². The molecular formula is C28H25F2N7O3S. The van der Waals surface area contributed by atoms with Gasteiger partial charge in [-0.1, -0.05) is 12.1 Å². The van der Waals surface area contributed by atoms with Crippen molar-refractivity contribution in [2.75, 3.05) is 23.1 Å². The Morgan fingerprint density at radius 3 is 2.76 bits per heavy atom. The fraction of sp³-hybridized carbons (Fsp3) is 0.214. The summed E-state index contributed by atoms with van der Waals surface area (Å²) >= 11 is 0. The number of piperidine rings is 1. The molecule has 2 aromatic carbocycles. The second-order valence-corrected chi connectivity index (χ2v) is 11.0. The summed E-state index contributed by atoms with van der Waals surface area (Å²) in [4.78, 5) is 13.0. The Balaban J connectivity index is 1.34. The summed E-state index contributed by atoms with van der Waals surface area (Å²) in [5.41, 5.74) is 0.889. The summed E-state index contributed by atoms with van der Waals surface area (Å²) in [7, 11) is -4.12. The number of ether oxygens (including phenoxy) is 1. The van der Waals surface area contributed by atoms with Crippen LogP contribution in [0, 0.1) is 23.0 Å². The number of halogens is 2. The van der Waals surface area contributed by atoms with Gasteiger partial charge in [0.05, 0.1) is 34.3 Å². The van der Waals surface area contributed by atoms with Crippen LogP contribution in [0.4, 0.5) is 20.4 Å². The Hall–Kier alpha value is -4.67. The van der Waals surface area contributed by atoms with Crippen molar-refractivity contribution < 1.29 is 21.9 Å². The monoisotopic (exact) mass is 577 g/mol. The van der Waals surface area contributed by atoms with E-state index >= 15 is 4.39 Å². The maximum atomic E-state index is 15.1. The largest absolute Gasteiger partial charge is 0.435 e. The lowest BCUT2D eigenvalue weighted by Gasteiger charge is -2.23. The first kappa shape index (κ1) is 27.9. The first-order valence-electron chi connectivity index (χ1n) is 12.7. The molecule has 13 heteroatoms. The summed E-state index contributed by atoms with van der Waals surface area (Å²) in [5.74, 6) is -3.48. The average molecular weight is 578 g/mol. The van der Waals surface area contributed by atoms with Gasteiger partial charge in [0.2, 0.25) is 27.7 Å². The van der Waals surface area contributed by atoms with Crippen molar-refractivity contribution in [2.24, 2.45) is 0 Å². The van der Waals surface area contributed by atoms with Crippen LogP contribution < -0.4 is 20.1 Å². The number of pyridine rings is 1. The first-order chi connectivity index (χ1) is 19.8. The molecule has 0 spiro atoms. The van der Waals surface area contributed by atoms with Crippen molar-refractivity contribution in [1.82, 2.24) is 20.3 Å². The Kier molecular flexibility index (Phi) is 8.32. The Bertz CT molecular complexity index is 1710. The number of benzene rings is 2. The van der Waals surface area contributed by atoms with Crippen LogP contribution in [0.15, 0.2) is 67.0 Å². The molecule has 10 nitrogen and oxygen atoms in total. The molecule has 1 fully saturated rings. The predicted molar refractivity (Wildman–Crippen MR) is 149 cm³/mol. The van der Waals surface area contributed by atoms with Crippen molar-refractivity contribution in [3.8, 4) is 29.0 Å². The van der Waals surface area contributed by atoms with Gasteiger partial charge >= 0.3 is 0 Å². The molecule has 3 heterocycles. The molecular weight excluding hydrogens is 552 g/mol. The van der Waals surface area contributed by atoms with E-state index in [2.05, 4.69) is 30.3 Å². The third-order valence-corrected chi connectivity index (χ3v) is 7.51. The Morgan fingerprint density at radius 1 is 1.07 bits per heavy atom. The molecule has 0 bridgehead atoms. The highest BCUT2D eigenvalue weighted by Gasteiger charge is 2.22. The number of nitriles is 1. The van der Waals surface area contributed by atoms with Gasteiger partial charge in [0.25, 0.3) is 0 Å². The SMILES string of the molecule is N#Cc1cccc(CS(=O)(=O)Nc2ccc(Oc3ncccc3-c3ccnc(NC4CCCNC4)n3)c(F)c2F)c1. The minimum atomic E-state index is -4.12. The molecule has 1 aliphatic heterocycles. The second-order valence-electron chi connectivity index (χ2n) is 9.32. The predicted octanol–water partition coefficient (Wildman–Crippen LogP) is 4.59. The van der Waals surface area contributed by atoms with Gasteiger partial charge < -0.3 is 15.4 Å². The number of anilines is 2. The quantitative estimate of drug-likeness (QED) is 0.260. The molecule has 1 saturated heterocycles. The van der Waals surface area contributed by atoms with Crippen molar-refractivity contribution in [3.05, 3.63) is 89.8 Å². The van der Waals surface area contributed by atoms with Gasteiger partial charge in [0, 0.05) is 25.0 Å². The number of rotatable bonds is 9. The van der Waals surface area contributed by atoms with Crippen molar-refractivity contribution in [1.29, 1.82) is 5.26 Å². The summed E-state index contributed by atoms with van der Waals surface area (Å²) < 4.78 is 63.0. The fourth-order valence-electron chi connectivity index (χ4n) is 4.35. The Labute approximate surface area is 235 Å². The van der Waals surface area contributed by atoms with Crippen molar-refractivity contribution in [3.63, 3.8) is 0 Å². The molecule has 1 atom stereocenters. The van der Waals surface area contributed by atoms with E-state index in [1.165, 1.54) is 30.5 Å². The first-order valence-corrected chi connectivity index (χ1v) is 14.4. The third-order valence-electron chi connectivity index (χ3n) is 6.26. The lowest BCUT2D eigenvalue weighted by molar-refractivity contribution is 0.407. The van der Waals surface area contributed by atoms with Gasteiger partial charge in [0.1, 0.15) is 0 Å². The zero-order valence-electron chi connectivity index (χ0n) is 21.6. The molecule has 1 aliphatic rings. The molecule has 0 saturated carbocycles. The normalized spacial score (nSPS) is 15.1. The highest BCUT2D eigenvalue weighted by atomic mass is 32.2. The molecule has 0 radical (unpaired) electrons.